The molecule has 0 aliphatic rings. The lowest BCUT2D eigenvalue weighted by molar-refractivity contribution is -0.159. The fourth-order valence-corrected chi connectivity index (χ4v) is 2.03. The molecule has 0 saturated carbocycles. The van der Waals surface area contributed by atoms with Crippen molar-refractivity contribution >= 4 is 35.2 Å². The second-order valence-corrected chi connectivity index (χ2v) is 5.37. The molecule has 0 aliphatic heterocycles. The SMILES string of the molecule is CCOC(=O)C(NC(=O)CCC(=O)c1ccc(Cl)cc1)C(=O)OCC. The topological polar surface area (TPSA) is 98.8 Å². The zero-order valence-corrected chi connectivity index (χ0v) is 14.8. The highest BCUT2D eigenvalue weighted by Gasteiger charge is 2.31. The van der Waals surface area contributed by atoms with E-state index in [1.807, 2.05) is 0 Å². The average molecular weight is 370 g/mol. The van der Waals surface area contributed by atoms with Crippen molar-refractivity contribution in [3.63, 3.8) is 0 Å². The molecule has 136 valence electrons. The quantitative estimate of drug-likeness (QED) is 0.405. The largest absolute Gasteiger partial charge is 0.464 e. The number of ketones is 1. The van der Waals surface area contributed by atoms with Gasteiger partial charge in [-0.15, -0.1) is 0 Å². The van der Waals surface area contributed by atoms with Gasteiger partial charge in [0.05, 0.1) is 13.2 Å². The van der Waals surface area contributed by atoms with E-state index in [2.05, 4.69) is 5.32 Å². The first-order chi connectivity index (χ1) is 11.9. The van der Waals surface area contributed by atoms with Gasteiger partial charge in [-0.25, -0.2) is 9.59 Å². The molecule has 0 aliphatic carbocycles. The van der Waals surface area contributed by atoms with Crippen molar-refractivity contribution in [3.05, 3.63) is 34.9 Å². The summed E-state index contributed by atoms with van der Waals surface area (Å²) in [6.45, 7) is 3.26. The second-order valence-electron chi connectivity index (χ2n) is 4.93. The molecule has 0 fully saturated rings. The smallest absolute Gasteiger partial charge is 0.340 e. The van der Waals surface area contributed by atoms with E-state index in [9.17, 15) is 19.2 Å². The zero-order chi connectivity index (χ0) is 18.8. The molecule has 1 aromatic carbocycles. The van der Waals surface area contributed by atoms with Gasteiger partial charge in [0.2, 0.25) is 11.9 Å². The second kappa shape index (κ2) is 10.5. The van der Waals surface area contributed by atoms with Crippen LogP contribution in [0.25, 0.3) is 0 Å². The van der Waals surface area contributed by atoms with E-state index in [0.29, 0.717) is 10.6 Å². The lowest BCUT2D eigenvalue weighted by atomic mass is 10.1. The highest BCUT2D eigenvalue weighted by Crippen LogP contribution is 2.12. The van der Waals surface area contributed by atoms with Gasteiger partial charge in [-0.1, -0.05) is 11.6 Å². The fraction of sp³-hybridized carbons (Fsp3) is 0.412. The van der Waals surface area contributed by atoms with E-state index < -0.39 is 23.9 Å². The van der Waals surface area contributed by atoms with Crippen LogP contribution in [0.4, 0.5) is 0 Å². The highest BCUT2D eigenvalue weighted by molar-refractivity contribution is 6.30. The molecule has 1 amide bonds. The molecule has 0 heterocycles. The van der Waals surface area contributed by atoms with E-state index in [4.69, 9.17) is 21.1 Å². The number of rotatable bonds is 9. The molecule has 1 N–H and O–H groups in total. The molecule has 0 unspecified atom stereocenters. The molecule has 0 spiro atoms. The molecule has 8 heteroatoms. The lowest BCUT2D eigenvalue weighted by Gasteiger charge is -2.15. The number of ether oxygens (including phenoxy) is 2. The maximum atomic E-state index is 12.0. The van der Waals surface area contributed by atoms with E-state index in [-0.39, 0.29) is 31.8 Å². The van der Waals surface area contributed by atoms with Gasteiger partial charge in [0, 0.05) is 23.4 Å². The van der Waals surface area contributed by atoms with Gasteiger partial charge >= 0.3 is 11.9 Å². The van der Waals surface area contributed by atoms with Gasteiger partial charge in [0.15, 0.2) is 5.78 Å². The van der Waals surface area contributed by atoms with Crippen molar-refractivity contribution in [1.82, 2.24) is 5.32 Å². The molecule has 0 aromatic heterocycles. The van der Waals surface area contributed by atoms with Crippen LogP contribution in [0, 0.1) is 0 Å². The summed E-state index contributed by atoms with van der Waals surface area (Å²) in [4.78, 5) is 47.5. The molecule has 0 bridgehead atoms. The molecule has 25 heavy (non-hydrogen) atoms. The predicted molar refractivity (Wildman–Crippen MR) is 90.2 cm³/mol. The minimum atomic E-state index is -1.54. The Bertz CT molecular complexity index is 611. The van der Waals surface area contributed by atoms with Crippen molar-refractivity contribution in [2.75, 3.05) is 13.2 Å². The number of nitrogens with one attached hydrogen (secondary N) is 1. The van der Waals surface area contributed by atoms with Gasteiger partial charge in [-0.05, 0) is 38.1 Å². The number of benzene rings is 1. The summed E-state index contributed by atoms with van der Waals surface area (Å²) in [7, 11) is 0. The maximum Gasteiger partial charge on any atom is 0.340 e. The number of amides is 1. The molecular weight excluding hydrogens is 350 g/mol. The standard InChI is InChI=1S/C17H20ClNO6/c1-3-24-16(22)15(17(23)25-4-2)19-14(21)10-9-13(20)11-5-7-12(18)8-6-11/h5-8,15H,3-4,9-10H2,1-2H3,(H,19,21). The monoisotopic (exact) mass is 369 g/mol. The van der Waals surface area contributed by atoms with Gasteiger partial charge in [0.1, 0.15) is 0 Å². The third kappa shape index (κ3) is 6.93. The first kappa shape index (κ1) is 20.6. The van der Waals surface area contributed by atoms with Crippen molar-refractivity contribution in [1.29, 1.82) is 0 Å². The average Bonchev–Trinajstić information content (AvgIpc) is 2.58. The van der Waals surface area contributed by atoms with Crippen molar-refractivity contribution < 1.29 is 28.7 Å². The summed E-state index contributed by atoms with van der Waals surface area (Å²) in [5.41, 5.74) is 0.421. The third-order valence-electron chi connectivity index (χ3n) is 3.10. The summed E-state index contributed by atoms with van der Waals surface area (Å²) in [6.07, 6.45) is -0.261. The first-order valence-electron chi connectivity index (χ1n) is 7.80. The zero-order valence-electron chi connectivity index (χ0n) is 14.0. The summed E-state index contributed by atoms with van der Waals surface area (Å²) in [5.74, 6) is -2.69. The fourth-order valence-electron chi connectivity index (χ4n) is 1.91. The lowest BCUT2D eigenvalue weighted by Crippen LogP contribution is -2.48. The number of carbonyl (C=O) groups excluding carboxylic acids is 4. The Morgan fingerprint density at radius 2 is 1.48 bits per heavy atom. The van der Waals surface area contributed by atoms with Crippen molar-refractivity contribution in [3.8, 4) is 0 Å². The van der Waals surface area contributed by atoms with E-state index in [1.165, 1.54) is 0 Å². The van der Waals surface area contributed by atoms with E-state index in [0.717, 1.165) is 0 Å². The van der Waals surface area contributed by atoms with Crippen LogP contribution >= 0.6 is 11.6 Å². The van der Waals surface area contributed by atoms with Crippen LogP contribution in [-0.4, -0.2) is 42.9 Å². The van der Waals surface area contributed by atoms with Gasteiger partial charge < -0.3 is 14.8 Å². The molecule has 0 saturated heterocycles. The van der Waals surface area contributed by atoms with Crippen LogP contribution in [0.5, 0.6) is 0 Å². The van der Waals surface area contributed by atoms with Gasteiger partial charge in [0.25, 0.3) is 0 Å². The van der Waals surface area contributed by atoms with Gasteiger partial charge in [-0.2, -0.15) is 0 Å². The van der Waals surface area contributed by atoms with Crippen LogP contribution in [0.15, 0.2) is 24.3 Å². The molecule has 1 rings (SSSR count). The number of hydrogen-bond acceptors (Lipinski definition) is 6. The number of halogens is 1. The minimum Gasteiger partial charge on any atom is -0.464 e. The minimum absolute atomic E-state index is 0.0552. The van der Waals surface area contributed by atoms with E-state index in [1.54, 1.807) is 38.1 Å². The normalized spacial score (nSPS) is 10.2. The number of carbonyl (C=O) groups is 4. The Balaban J connectivity index is 2.61. The molecule has 7 nitrogen and oxygen atoms in total. The predicted octanol–water partition coefficient (Wildman–Crippen LogP) is 1.91. The first-order valence-corrected chi connectivity index (χ1v) is 8.18. The molecule has 0 radical (unpaired) electrons. The number of Topliss-reactive ketones (excluding diaryl/α,β-unsaturated/α-hetero) is 1. The van der Waals surface area contributed by atoms with Crippen LogP contribution < -0.4 is 5.32 Å². The number of hydrogen-bond donors (Lipinski definition) is 1. The summed E-state index contributed by atoms with van der Waals surface area (Å²) < 4.78 is 9.49. The maximum absolute atomic E-state index is 12.0. The Kier molecular flexibility index (Phi) is 8.63. The summed E-state index contributed by atoms with van der Waals surface area (Å²) >= 11 is 5.75. The Morgan fingerprint density at radius 1 is 0.960 bits per heavy atom. The number of esters is 2. The summed E-state index contributed by atoms with van der Waals surface area (Å²) in [5, 5.41) is 2.74. The van der Waals surface area contributed by atoms with Gasteiger partial charge in [-0.3, -0.25) is 9.59 Å². The Morgan fingerprint density at radius 3 is 1.96 bits per heavy atom. The molecular formula is C17H20ClNO6. The van der Waals surface area contributed by atoms with Crippen LogP contribution in [0.3, 0.4) is 0 Å². The third-order valence-corrected chi connectivity index (χ3v) is 3.35. The molecule has 1 aromatic rings. The van der Waals surface area contributed by atoms with Crippen LogP contribution in [-0.2, 0) is 23.9 Å². The van der Waals surface area contributed by atoms with E-state index >= 15 is 0 Å². The Labute approximate surface area is 150 Å². The summed E-state index contributed by atoms with van der Waals surface area (Å²) in [6, 6.07) is 4.72. The molecule has 0 atom stereocenters. The van der Waals surface area contributed by atoms with Crippen molar-refractivity contribution in [2.24, 2.45) is 0 Å². The highest BCUT2D eigenvalue weighted by atomic mass is 35.5. The van der Waals surface area contributed by atoms with Crippen LogP contribution in [0.1, 0.15) is 37.0 Å². The van der Waals surface area contributed by atoms with Crippen molar-refractivity contribution in [2.45, 2.75) is 32.7 Å². The Hall–Kier alpha value is -2.41. The van der Waals surface area contributed by atoms with Crippen LogP contribution in [0.2, 0.25) is 5.02 Å².